The van der Waals surface area contributed by atoms with E-state index in [4.69, 9.17) is 42.2 Å². The number of aliphatic hydroxyl groups is 10. The lowest BCUT2D eigenvalue weighted by atomic mass is 9.84. The zero-order valence-corrected chi connectivity index (χ0v) is 62.8. The summed E-state index contributed by atoms with van der Waals surface area (Å²) in [6, 6.07) is 0. The lowest BCUT2D eigenvalue weighted by molar-refractivity contribution is -0.360. The van der Waals surface area contributed by atoms with Gasteiger partial charge in [-0.05, 0) is 25.7 Å². The highest BCUT2D eigenvalue weighted by Crippen LogP contribution is 2.49. The molecular formula is C76H139O24P. The van der Waals surface area contributed by atoms with E-state index in [2.05, 4.69) is 20.8 Å². The molecule has 1 saturated carbocycles. The van der Waals surface area contributed by atoms with Crippen molar-refractivity contribution in [3.05, 3.63) is 24.3 Å². The normalized spacial score (nSPS) is 27.3. The molecule has 101 heavy (non-hydrogen) atoms. The van der Waals surface area contributed by atoms with Crippen LogP contribution in [0.5, 0.6) is 0 Å². The van der Waals surface area contributed by atoms with Crippen LogP contribution in [0.1, 0.15) is 310 Å². The van der Waals surface area contributed by atoms with Gasteiger partial charge >= 0.3 is 25.7 Å². The molecule has 0 aromatic rings. The van der Waals surface area contributed by atoms with Gasteiger partial charge in [0.05, 0.1) is 13.2 Å². The average Bonchev–Trinajstić information content (AvgIpc) is 0.760. The first-order chi connectivity index (χ1) is 48.8. The fourth-order valence-electron chi connectivity index (χ4n) is 13.1. The Kier molecular flexibility index (Phi) is 52.8. The molecule has 3 fully saturated rings. The number of ether oxygens (including phenoxy) is 7. The third-order valence-corrected chi connectivity index (χ3v) is 20.6. The van der Waals surface area contributed by atoms with Gasteiger partial charge in [0, 0.05) is 18.9 Å². The summed E-state index contributed by atoms with van der Waals surface area (Å²) in [5.74, 6) is -2.23. The minimum absolute atomic E-state index is 0.0292. The Morgan fingerprint density at radius 3 is 1.17 bits per heavy atom. The second-order valence-electron chi connectivity index (χ2n) is 28.5. The number of allylic oxidation sites excluding steroid dienone is 3. The summed E-state index contributed by atoms with van der Waals surface area (Å²) < 4.78 is 64.9. The second kappa shape index (κ2) is 57.6. The third-order valence-electron chi connectivity index (χ3n) is 19.6. The van der Waals surface area contributed by atoms with Gasteiger partial charge in [0.1, 0.15) is 98.7 Å². The molecule has 18 atom stereocenters. The SMILES string of the molecule is CCCCCCCCCCCCC/C=C/C=C/C(=O)OCC(COP(=O)(O)OC1C(OC2OC(CO)C(O)C(O)C2O)C(O)C(O)C(O)C1OC1OC(COC(=O)CCCCCCCCCCCCCCCCC)C(O)C(O)C1O)OC(=O)CCCCCCCCCCCCCCCCCC. The number of phosphoric acid groups is 1. The van der Waals surface area contributed by atoms with E-state index in [1.165, 1.54) is 179 Å². The Bertz CT molecular complexity index is 2180. The lowest BCUT2D eigenvalue weighted by Crippen LogP contribution is -2.69. The van der Waals surface area contributed by atoms with E-state index < -0.39 is 156 Å². The Morgan fingerprint density at radius 1 is 0.406 bits per heavy atom. The Labute approximate surface area is 605 Å². The van der Waals surface area contributed by atoms with E-state index in [0.29, 0.717) is 12.8 Å². The fourth-order valence-corrected chi connectivity index (χ4v) is 14.1. The summed E-state index contributed by atoms with van der Waals surface area (Å²) >= 11 is 0. The number of hydrogen-bond donors (Lipinski definition) is 11. The highest BCUT2D eigenvalue weighted by Gasteiger charge is 2.58. The predicted octanol–water partition coefficient (Wildman–Crippen LogP) is 11.7. The van der Waals surface area contributed by atoms with Gasteiger partial charge in [0.15, 0.2) is 18.7 Å². The standard InChI is InChI=1S/C76H139O24P/c1-4-7-10-13-16-19-22-25-28-31-34-37-40-43-46-49-52-62(80)95-57(54-92-60(78)50-47-44-41-38-35-32-29-26-23-20-17-14-11-8-5-2)55-94-101(90,91)100-74-72(98-75-70(88)65(83)63(81)58(53-77)96-75)68(86)67(85)69(87)73(74)99-76-71(89)66(84)64(82)59(97-76)56-93-61(79)51-48-45-42-39-36-33-30-27-24-21-18-15-12-9-6-3/h41,44,47,50,57-59,63-77,81-89H,4-40,42-43,45-46,48-49,51-56H2,1-3H3,(H,90,91)/b44-41+,50-47+. The van der Waals surface area contributed by atoms with Crippen molar-refractivity contribution in [1.29, 1.82) is 0 Å². The number of aliphatic hydroxyl groups excluding tert-OH is 10. The second-order valence-corrected chi connectivity index (χ2v) is 29.9. The molecule has 25 heteroatoms. The van der Waals surface area contributed by atoms with Gasteiger partial charge in [0.25, 0.3) is 0 Å². The molecular weight excluding hydrogens is 1330 g/mol. The van der Waals surface area contributed by atoms with Crippen LogP contribution in [0.2, 0.25) is 0 Å². The van der Waals surface area contributed by atoms with E-state index in [1.807, 2.05) is 6.08 Å². The van der Waals surface area contributed by atoms with Crippen molar-refractivity contribution in [2.45, 2.75) is 414 Å². The lowest BCUT2D eigenvalue weighted by Gasteiger charge is -2.49. The number of hydrogen-bond acceptors (Lipinski definition) is 23. The summed E-state index contributed by atoms with van der Waals surface area (Å²) in [6.07, 6.45) is 20.0. The van der Waals surface area contributed by atoms with Crippen LogP contribution in [-0.4, -0.2) is 204 Å². The first-order valence-electron chi connectivity index (χ1n) is 39.7. The van der Waals surface area contributed by atoms with Crippen molar-refractivity contribution in [2.75, 3.05) is 26.4 Å². The van der Waals surface area contributed by atoms with Crippen molar-refractivity contribution in [1.82, 2.24) is 0 Å². The highest BCUT2D eigenvalue weighted by atomic mass is 31.2. The maximum atomic E-state index is 14.3. The van der Waals surface area contributed by atoms with Crippen molar-refractivity contribution >= 4 is 25.7 Å². The molecule has 2 saturated heterocycles. The number of rotatable bonds is 62. The number of phosphoric ester groups is 1. The summed E-state index contributed by atoms with van der Waals surface area (Å²) in [4.78, 5) is 51.0. The minimum Gasteiger partial charge on any atom is -0.463 e. The van der Waals surface area contributed by atoms with Crippen LogP contribution in [0, 0.1) is 0 Å². The summed E-state index contributed by atoms with van der Waals surface area (Å²) in [5.41, 5.74) is 0. The van der Waals surface area contributed by atoms with Gasteiger partial charge in [0.2, 0.25) is 0 Å². The van der Waals surface area contributed by atoms with Gasteiger partial charge < -0.3 is 89.1 Å². The van der Waals surface area contributed by atoms with Gasteiger partial charge in [-0.25, -0.2) is 9.36 Å². The molecule has 0 aromatic heterocycles. The molecule has 0 radical (unpaired) electrons. The van der Waals surface area contributed by atoms with E-state index in [1.54, 1.807) is 6.08 Å². The molecule has 592 valence electrons. The Morgan fingerprint density at radius 2 is 0.762 bits per heavy atom. The highest BCUT2D eigenvalue weighted by molar-refractivity contribution is 7.47. The van der Waals surface area contributed by atoms with Crippen LogP contribution in [0.15, 0.2) is 24.3 Å². The van der Waals surface area contributed by atoms with Crippen LogP contribution in [-0.2, 0) is 61.2 Å². The maximum absolute atomic E-state index is 14.3. The summed E-state index contributed by atoms with van der Waals surface area (Å²) in [6.45, 7) is 3.37. The van der Waals surface area contributed by atoms with Crippen molar-refractivity contribution in [3.63, 3.8) is 0 Å². The molecule has 0 amide bonds. The van der Waals surface area contributed by atoms with E-state index in [0.717, 1.165) is 96.0 Å². The predicted molar refractivity (Wildman–Crippen MR) is 384 cm³/mol. The van der Waals surface area contributed by atoms with Crippen LogP contribution in [0.25, 0.3) is 0 Å². The van der Waals surface area contributed by atoms with Crippen LogP contribution < -0.4 is 0 Å². The third kappa shape index (κ3) is 40.3. The monoisotopic (exact) mass is 1470 g/mol. The van der Waals surface area contributed by atoms with E-state index in [-0.39, 0.29) is 12.8 Å². The topological polar surface area (TPSA) is 374 Å². The van der Waals surface area contributed by atoms with Gasteiger partial charge in [-0.2, -0.15) is 0 Å². The Balaban J connectivity index is 1.73. The zero-order chi connectivity index (χ0) is 73.9. The van der Waals surface area contributed by atoms with Gasteiger partial charge in [-0.1, -0.05) is 289 Å². The van der Waals surface area contributed by atoms with Gasteiger partial charge in [-0.3, -0.25) is 18.6 Å². The van der Waals surface area contributed by atoms with Crippen LogP contribution >= 0.6 is 7.82 Å². The Hall–Kier alpha value is -2.56. The molecule has 3 rings (SSSR count). The van der Waals surface area contributed by atoms with Crippen molar-refractivity contribution < 1.29 is 117 Å². The number of unbranched alkanes of at least 4 members (excludes halogenated alkanes) is 40. The minimum atomic E-state index is -5.72. The first kappa shape index (κ1) is 92.6. The fraction of sp³-hybridized carbons (Fsp3) is 0.908. The van der Waals surface area contributed by atoms with Gasteiger partial charge in [-0.15, -0.1) is 0 Å². The van der Waals surface area contributed by atoms with E-state index >= 15 is 0 Å². The van der Waals surface area contributed by atoms with Crippen LogP contribution in [0.3, 0.4) is 0 Å². The molecule has 24 nitrogen and oxygen atoms in total. The number of carbonyl (C=O) groups excluding carboxylic acids is 3. The molecule has 2 heterocycles. The molecule has 18 unspecified atom stereocenters. The smallest absolute Gasteiger partial charge is 0.463 e. The molecule has 3 aliphatic rings. The quantitative estimate of drug-likeness (QED) is 0.00673. The number of esters is 3. The first-order valence-corrected chi connectivity index (χ1v) is 41.2. The largest absolute Gasteiger partial charge is 0.472 e. The van der Waals surface area contributed by atoms with Crippen molar-refractivity contribution in [3.8, 4) is 0 Å². The zero-order valence-electron chi connectivity index (χ0n) is 61.9. The summed E-state index contributed by atoms with van der Waals surface area (Å²) in [5, 5.41) is 110. The molecule has 1 aliphatic carbocycles. The van der Waals surface area contributed by atoms with Crippen LogP contribution in [0.4, 0.5) is 0 Å². The number of carbonyl (C=O) groups is 3. The molecule has 0 bridgehead atoms. The molecule has 0 spiro atoms. The molecule has 2 aliphatic heterocycles. The molecule has 0 aromatic carbocycles. The van der Waals surface area contributed by atoms with E-state index in [9.17, 15) is 74.9 Å². The maximum Gasteiger partial charge on any atom is 0.472 e. The average molecular weight is 1470 g/mol. The van der Waals surface area contributed by atoms with Crippen molar-refractivity contribution in [2.24, 2.45) is 0 Å². The molecule has 11 N–H and O–H groups in total. The summed E-state index contributed by atoms with van der Waals surface area (Å²) in [7, 11) is -5.72.